The maximum absolute atomic E-state index is 13.2. The first-order chi connectivity index (χ1) is 7.09. The van der Waals surface area contributed by atoms with E-state index < -0.39 is 0 Å². The Labute approximate surface area is 90.1 Å². The number of aliphatic hydroxyl groups excluding tert-OH is 1. The van der Waals surface area contributed by atoms with Gasteiger partial charge in [-0.15, -0.1) is 0 Å². The van der Waals surface area contributed by atoms with E-state index in [0.29, 0.717) is 18.5 Å². The van der Waals surface area contributed by atoms with Crippen LogP contribution in [0.25, 0.3) is 0 Å². The first kappa shape index (κ1) is 12.1. The molecule has 0 saturated heterocycles. The minimum Gasteiger partial charge on any atom is -0.393 e. The zero-order valence-electron chi connectivity index (χ0n) is 9.20. The molecule has 0 bridgehead atoms. The second kappa shape index (κ2) is 5.83. The molecular formula is C12H18FNO. The van der Waals surface area contributed by atoms with Gasteiger partial charge in [-0.25, -0.2) is 4.39 Å². The molecule has 0 heterocycles. The molecule has 1 rings (SSSR count). The van der Waals surface area contributed by atoms with Crippen LogP contribution in [0.5, 0.6) is 0 Å². The van der Waals surface area contributed by atoms with Crippen LogP contribution in [0.3, 0.4) is 0 Å². The Balaban J connectivity index is 2.40. The molecule has 1 aromatic rings. The smallest absolute Gasteiger partial charge is 0.127 e. The number of hydrogen-bond acceptors (Lipinski definition) is 2. The van der Waals surface area contributed by atoms with Crippen molar-refractivity contribution in [3.8, 4) is 0 Å². The van der Waals surface area contributed by atoms with Crippen LogP contribution in [-0.4, -0.2) is 17.3 Å². The number of rotatable bonds is 5. The summed E-state index contributed by atoms with van der Waals surface area (Å²) >= 11 is 0. The number of aliphatic hydroxyl groups is 1. The summed E-state index contributed by atoms with van der Waals surface area (Å²) in [6, 6.07) is 6.90. The highest BCUT2D eigenvalue weighted by Gasteiger charge is 2.06. The van der Waals surface area contributed by atoms with E-state index in [-0.39, 0.29) is 18.0 Å². The number of halogens is 1. The van der Waals surface area contributed by atoms with Gasteiger partial charge in [-0.05, 0) is 26.3 Å². The van der Waals surface area contributed by atoms with Gasteiger partial charge in [-0.1, -0.05) is 18.2 Å². The van der Waals surface area contributed by atoms with Gasteiger partial charge in [0, 0.05) is 18.2 Å². The Kier molecular flexibility index (Phi) is 4.72. The molecule has 0 aromatic heterocycles. The van der Waals surface area contributed by atoms with Crippen LogP contribution >= 0.6 is 0 Å². The lowest BCUT2D eigenvalue weighted by Gasteiger charge is -2.15. The van der Waals surface area contributed by atoms with Crippen molar-refractivity contribution in [2.24, 2.45) is 0 Å². The van der Waals surface area contributed by atoms with Gasteiger partial charge in [0.05, 0.1) is 6.10 Å². The monoisotopic (exact) mass is 211 g/mol. The summed E-state index contributed by atoms with van der Waals surface area (Å²) in [5.74, 6) is -0.186. The highest BCUT2D eigenvalue weighted by Crippen LogP contribution is 2.06. The van der Waals surface area contributed by atoms with Crippen LogP contribution in [0.2, 0.25) is 0 Å². The molecular weight excluding hydrogens is 193 g/mol. The van der Waals surface area contributed by atoms with Crippen molar-refractivity contribution in [3.05, 3.63) is 35.6 Å². The maximum Gasteiger partial charge on any atom is 0.127 e. The third-order valence-electron chi connectivity index (χ3n) is 2.29. The molecule has 0 aliphatic carbocycles. The molecule has 15 heavy (non-hydrogen) atoms. The van der Waals surface area contributed by atoms with E-state index in [2.05, 4.69) is 5.32 Å². The Morgan fingerprint density at radius 3 is 2.60 bits per heavy atom. The van der Waals surface area contributed by atoms with Gasteiger partial charge in [0.1, 0.15) is 5.82 Å². The fourth-order valence-electron chi connectivity index (χ4n) is 1.52. The molecule has 0 spiro atoms. The van der Waals surface area contributed by atoms with Gasteiger partial charge in [0.25, 0.3) is 0 Å². The molecule has 2 N–H and O–H groups in total. The maximum atomic E-state index is 13.2. The lowest BCUT2D eigenvalue weighted by Crippen LogP contribution is -2.29. The SMILES string of the molecule is CC(O)CC(C)NCc1ccccc1F. The molecule has 2 nitrogen and oxygen atoms in total. The summed E-state index contributed by atoms with van der Waals surface area (Å²) in [5.41, 5.74) is 0.662. The van der Waals surface area contributed by atoms with Crippen LogP contribution in [0, 0.1) is 5.82 Å². The van der Waals surface area contributed by atoms with E-state index >= 15 is 0 Å². The van der Waals surface area contributed by atoms with Gasteiger partial charge >= 0.3 is 0 Å². The number of nitrogens with one attached hydrogen (secondary N) is 1. The van der Waals surface area contributed by atoms with Gasteiger partial charge in [-0.2, -0.15) is 0 Å². The Morgan fingerprint density at radius 1 is 1.33 bits per heavy atom. The van der Waals surface area contributed by atoms with Crippen molar-refractivity contribution < 1.29 is 9.50 Å². The summed E-state index contributed by atoms with van der Waals surface area (Å²) in [6.45, 7) is 4.23. The predicted molar refractivity (Wildman–Crippen MR) is 59.0 cm³/mol. The van der Waals surface area contributed by atoms with Crippen LogP contribution in [0.15, 0.2) is 24.3 Å². The molecule has 0 amide bonds. The topological polar surface area (TPSA) is 32.3 Å². The molecule has 0 saturated carbocycles. The molecule has 2 unspecified atom stereocenters. The van der Waals surface area contributed by atoms with Gasteiger partial charge in [0.15, 0.2) is 0 Å². The summed E-state index contributed by atoms with van der Waals surface area (Å²) in [6.07, 6.45) is 0.349. The zero-order chi connectivity index (χ0) is 11.3. The fraction of sp³-hybridized carbons (Fsp3) is 0.500. The molecule has 84 valence electrons. The van der Waals surface area contributed by atoms with E-state index in [0.717, 1.165) is 0 Å². The third kappa shape index (κ3) is 4.40. The minimum absolute atomic E-state index is 0.185. The van der Waals surface area contributed by atoms with Crippen molar-refractivity contribution in [1.29, 1.82) is 0 Å². The van der Waals surface area contributed by atoms with Crippen molar-refractivity contribution in [1.82, 2.24) is 5.32 Å². The predicted octanol–water partition coefficient (Wildman–Crippen LogP) is 2.07. The van der Waals surface area contributed by atoms with E-state index in [9.17, 15) is 4.39 Å². The van der Waals surface area contributed by atoms with E-state index in [4.69, 9.17) is 5.11 Å². The van der Waals surface area contributed by atoms with Crippen LogP contribution in [-0.2, 0) is 6.54 Å². The summed E-state index contributed by atoms with van der Waals surface area (Å²) in [5, 5.41) is 12.3. The Hall–Kier alpha value is -0.930. The quantitative estimate of drug-likeness (QED) is 0.781. The largest absolute Gasteiger partial charge is 0.393 e. The summed E-state index contributed by atoms with van der Waals surface area (Å²) in [7, 11) is 0. The highest BCUT2D eigenvalue weighted by molar-refractivity contribution is 5.16. The molecule has 1 aromatic carbocycles. The Bertz CT molecular complexity index is 301. The second-order valence-electron chi connectivity index (χ2n) is 3.96. The van der Waals surface area contributed by atoms with E-state index in [1.54, 1.807) is 19.1 Å². The van der Waals surface area contributed by atoms with Crippen molar-refractivity contribution in [2.75, 3.05) is 0 Å². The van der Waals surface area contributed by atoms with Gasteiger partial charge in [0.2, 0.25) is 0 Å². The van der Waals surface area contributed by atoms with Gasteiger partial charge < -0.3 is 10.4 Å². The fourth-order valence-corrected chi connectivity index (χ4v) is 1.52. The zero-order valence-corrected chi connectivity index (χ0v) is 9.20. The molecule has 2 atom stereocenters. The number of hydrogen-bond donors (Lipinski definition) is 2. The average Bonchev–Trinajstić information content (AvgIpc) is 2.15. The molecule has 0 aliphatic heterocycles. The lowest BCUT2D eigenvalue weighted by molar-refractivity contribution is 0.170. The van der Waals surface area contributed by atoms with Gasteiger partial charge in [-0.3, -0.25) is 0 Å². The third-order valence-corrected chi connectivity index (χ3v) is 2.29. The molecule has 3 heteroatoms. The summed E-state index contributed by atoms with van der Waals surface area (Å²) in [4.78, 5) is 0. The van der Waals surface area contributed by atoms with Crippen molar-refractivity contribution in [2.45, 2.75) is 39.0 Å². The van der Waals surface area contributed by atoms with E-state index in [1.807, 2.05) is 13.0 Å². The normalized spacial score (nSPS) is 14.9. The van der Waals surface area contributed by atoms with Crippen molar-refractivity contribution >= 4 is 0 Å². The number of benzene rings is 1. The Morgan fingerprint density at radius 2 is 2.00 bits per heavy atom. The lowest BCUT2D eigenvalue weighted by atomic mass is 10.1. The average molecular weight is 211 g/mol. The van der Waals surface area contributed by atoms with E-state index in [1.165, 1.54) is 6.07 Å². The van der Waals surface area contributed by atoms with Crippen LogP contribution < -0.4 is 5.32 Å². The minimum atomic E-state index is -0.326. The molecule has 0 fully saturated rings. The van der Waals surface area contributed by atoms with Crippen LogP contribution in [0.1, 0.15) is 25.8 Å². The highest BCUT2D eigenvalue weighted by atomic mass is 19.1. The second-order valence-corrected chi connectivity index (χ2v) is 3.96. The van der Waals surface area contributed by atoms with Crippen molar-refractivity contribution in [3.63, 3.8) is 0 Å². The molecule has 0 aliphatic rings. The van der Waals surface area contributed by atoms with Crippen LogP contribution in [0.4, 0.5) is 4.39 Å². The first-order valence-electron chi connectivity index (χ1n) is 5.24. The molecule has 0 radical (unpaired) electrons. The first-order valence-corrected chi connectivity index (χ1v) is 5.24. The summed E-state index contributed by atoms with van der Waals surface area (Å²) < 4.78 is 13.2. The standard InChI is InChI=1S/C12H18FNO/c1-9(7-10(2)15)14-8-11-5-3-4-6-12(11)13/h3-6,9-10,14-15H,7-8H2,1-2H3.